The lowest BCUT2D eigenvalue weighted by Crippen LogP contribution is -2.45. The monoisotopic (exact) mass is 374 g/mol. The Morgan fingerprint density at radius 3 is 2.33 bits per heavy atom. The van der Waals surface area contributed by atoms with Gasteiger partial charge < -0.3 is 15.0 Å². The van der Waals surface area contributed by atoms with E-state index in [4.69, 9.17) is 4.74 Å². The van der Waals surface area contributed by atoms with E-state index in [1.165, 1.54) is 0 Å². The van der Waals surface area contributed by atoms with Gasteiger partial charge in [-0.2, -0.15) is 0 Å². The van der Waals surface area contributed by atoms with E-state index in [1.807, 2.05) is 52.8 Å². The van der Waals surface area contributed by atoms with Crippen molar-refractivity contribution >= 4 is 23.5 Å². The maximum absolute atomic E-state index is 12.3. The summed E-state index contributed by atoms with van der Waals surface area (Å²) in [4.78, 5) is 38.4. The van der Waals surface area contributed by atoms with Crippen molar-refractivity contribution in [2.45, 2.75) is 47.5 Å². The smallest absolute Gasteiger partial charge is 0.309 e. The van der Waals surface area contributed by atoms with Crippen molar-refractivity contribution < 1.29 is 19.1 Å². The quantitative estimate of drug-likeness (QED) is 0.822. The topological polar surface area (TPSA) is 75.7 Å². The summed E-state index contributed by atoms with van der Waals surface area (Å²) in [7, 11) is 0. The summed E-state index contributed by atoms with van der Waals surface area (Å²) >= 11 is 0. The van der Waals surface area contributed by atoms with Crippen LogP contribution in [-0.4, -0.2) is 42.4 Å². The Labute approximate surface area is 161 Å². The third-order valence-electron chi connectivity index (χ3n) is 4.76. The van der Waals surface area contributed by atoms with Crippen LogP contribution in [0.5, 0.6) is 0 Å². The molecule has 2 rings (SSSR count). The fourth-order valence-electron chi connectivity index (χ4n) is 3.19. The lowest BCUT2D eigenvalue weighted by atomic mass is 9.91. The highest BCUT2D eigenvalue weighted by atomic mass is 16.5. The summed E-state index contributed by atoms with van der Waals surface area (Å²) in [5.74, 6) is -0.880. The molecule has 1 aromatic carbocycles. The highest BCUT2D eigenvalue weighted by molar-refractivity contribution is 5.93. The number of hydrogen-bond donors (Lipinski definition) is 1. The van der Waals surface area contributed by atoms with Crippen LogP contribution >= 0.6 is 0 Å². The third kappa shape index (κ3) is 5.81. The second-order valence-corrected chi connectivity index (χ2v) is 8.29. The highest BCUT2D eigenvalue weighted by Crippen LogP contribution is 2.24. The zero-order chi connectivity index (χ0) is 20.2. The van der Waals surface area contributed by atoms with Gasteiger partial charge in [-0.15, -0.1) is 0 Å². The van der Waals surface area contributed by atoms with Crippen molar-refractivity contribution in [3.8, 4) is 0 Å². The van der Waals surface area contributed by atoms with Crippen molar-refractivity contribution in [1.29, 1.82) is 0 Å². The number of hydrogen-bond acceptors (Lipinski definition) is 4. The molecule has 0 aliphatic carbocycles. The molecule has 0 aromatic heterocycles. The number of nitrogens with zero attached hydrogens (tertiary/aromatic N) is 1. The minimum absolute atomic E-state index is 0.0992. The number of piperidine rings is 1. The molecule has 0 radical (unpaired) electrons. The summed E-state index contributed by atoms with van der Waals surface area (Å²) in [5, 5.41) is 2.77. The van der Waals surface area contributed by atoms with Gasteiger partial charge >= 0.3 is 5.97 Å². The molecule has 0 saturated carbocycles. The first-order chi connectivity index (χ1) is 12.6. The van der Waals surface area contributed by atoms with E-state index in [2.05, 4.69) is 5.32 Å². The first-order valence-corrected chi connectivity index (χ1v) is 9.41. The molecule has 0 unspecified atom stereocenters. The van der Waals surface area contributed by atoms with E-state index >= 15 is 0 Å². The van der Waals surface area contributed by atoms with E-state index in [-0.39, 0.29) is 30.3 Å². The van der Waals surface area contributed by atoms with E-state index < -0.39 is 5.41 Å². The predicted octanol–water partition coefficient (Wildman–Crippen LogP) is 3.07. The van der Waals surface area contributed by atoms with Crippen molar-refractivity contribution in [2.24, 2.45) is 11.3 Å². The second kappa shape index (κ2) is 8.55. The molecule has 6 heteroatoms. The van der Waals surface area contributed by atoms with Gasteiger partial charge in [0, 0.05) is 24.2 Å². The molecule has 148 valence electrons. The van der Waals surface area contributed by atoms with E-state index in [9.17, 15) is 14.4 Å². The number of benzene rings is 1. The van der Waals surface area contributed by atoms with Crippen molar-refractivity contribution in [3.05, 3.63) is 29.3 Å². The number of rotatable bonds is 4. The standard InChI is InChI=1S/C21H30N2O4/c1-14-6-7-17(15(2)12-14)22-18(24)13-27-19(25)16-8-10-23(11-9-16)20(26)21(3,4)5/h6-7,12,16H,8-11,13H2,1-5H3,(H,22,24). The van der Waals surface area contributed by atoms with Crippen LogP contribution in [0.2, 0.25) is 0 Å². The summed E-state index contributed by atoms with van der Waals surface area (Å²) in [6.07, 6.45) is 1.14. The van der Waals surface area contributed by atoms with Crippen LogP contribution in [0, 0.1) is 25.2 Å². The number of amides is 2. The van der Waals surface area contributed by atoms with Crippen LogP contribution in [0.1, 0.15) is 44.7 Å². The number of esters is 1. The van der Waals surface area contributed by atoms with Gasteiger partial charge in [0.15, 0.2) is 6.61 Å². The Morgan fingerprint density at radius 1 is 1.15 bits per heavy atom. The first kappa shape index (κ1) is 20.9. The number of nitrogens with one attached hydrogen (secondary N) is 1. The molecule has 0 bridgehead atoms. The highest BCUT2D eigenvalue weighted by Gasteiger charge is 2.33. The average Bonchev–Trinajstić information content (AvgIpc) is 2.61. The predicted molar refractivity (Wildman–Crippen MR) is 104 cm³/mol. The second-order valence-electron chi connectivity index (χ2n) is 8.29. The van der Waals surface area contributed by atoms with Gasteiger partial charge in [-0.1, -0.05) is 38.5 Å². The molecule has 1 aliphatic rings. The number of aryl methyl sites for hydroxylation is 2. The fourth-order valence-corrected chi connectivity index (χ4v) is 3.19. The molecule has 1 N–H and O–H groups in total. The molecule has 27 heavy (non-hydrogen) atoms. The Morgan fingerprint density at radius 2 is 1.78 bits per heavy atom. The number of anilines is 1. The first-order valence-electron chi connectivity index (χ1n) is 9.41. The van der Waals surface area contributed by atoms with Gasteiger partial charge in [0.2, 0.25) is 5.91 Å². The minimum atomic E-state index is -0.417. The maximum atomic E-state index is 12.3. The molecule has 1 aromatic rings. The van der Waals surface area contributed by atoms with E-state index in [0.29, 0.717) is 25.9 Å². The van der Waals surface area contributed by atoms with E-state index in [1.54, 1.807) is 4.90 Å². The van der Waals surface area contributed by atoms with Crippen LogP contribution in [0.15, 0.2) is 18.2 Å². The van der Waals surface area contributed by atoms with Gasteiger partial charge in [0.1, 0.15) is 0 Å². The zero-order valence-electron chi connectivity index (χ0n) is 16.9. The van der Waals surface area contributed by atoms with Crippen molar-refractivity contribution in [2.75, 3.05) is 25.0 Å². The zero-order valence-corrected chi connectivity index (χ0v) is 16.9. The van der Waals surface area contributed by atoms with Crippen LogP contribution in [0.25, 0.3) is 0 Å². The van der Waals surface area contributed by atoms with Gasteiger partial charge in [-0.05, 0) is 38.3 Å². The van der Waals surface area contributed by atoms with Gasteiger partial charge in [0.05, 0.1) is 5.92 Å². The molecule has 1 fully saturated rings. The summed E-state index contributed by atoms with van der Waals surface area (Å²) < 4.78 is 5.19. The van der Waals surface area contributed by atoms with Crippen LogP contribution in [-0.2, 0) is 19.1 Å². The number of carbonyl (C=O) groups is 3. The largest absolute Gasteiger partial charge is 0.455 e. The Hall–Kier alpha value is -2.37. The van der Waals surface area contributed by atoms with Gasteiger partial charge in [0.25, 0.3) is 5.91 Å². The number of ether oxygens (including phenoxy) is 1. The van der Waals surface area contributed by atoms with Crippen LogP contribution < -0.4 is 5.32 Å². The van der Waals surface area contributed by atoms with Gasteiger partial charge in [-0.3, -0.25) is 14.4 Å². The number of likely N-dealkylation sites (tertiary alicyclic amines) is 1. The summed E-state index contributed by atoms with van der Waals surface area (Å²) in [5.41, 5.74) is 2.38. The van der Waals surface area contributed by atoms with E-state index in [0.717, 1.165) is 16.8 Å². The number of carbonyl (C=O) groups excluding carboxylic acids is 3. The third-order valence-corrected chi connectivity index (χ3v) is 4.76. The fraction of sp³-hybridized carbons (Fsp3) is 0.571. The average molecular weight is 374 g/mol. The Kier molecular flexibility index (Phi) is 6.63. The maximum Gasteiger partial charge on any atom is 0.309 e. The van der Waals surface area contributed by atoms with Crippen molar-refractivity contribution in [1.82, 2.24) is 4.90 Å². The molecular formula is C21H30N2O4. The molecule has 1 heterocycles. The van der Waals surface area contributed by atoms with Crippen LogP contribution in [0.3, 0.4) is 0 Å². The molecule has 0 atom stereocenters. The minimum Gasteiger partial charge on any atom is -0.455 e. The lowest BCUT2D eigenvalue weighted by molar-refractivity contribution is -0.155. The van der Waals surface area contributed by atoms with Gasteiger partial charge in [-0.25, -0.2) is 0 Å². The van der Waals surface area contributed by atoms with Crippen molar-refractivity contribution in [3.63, 3.8) is 0 Å². The molecule has 6 nitrogen and oxygen atoms in total. The lowest BCUT2D eigenvalue weighted by Gasteiger charge is -2.34. The normalized spacial score (nSPS) is 15.4. The molecular weight excluding hydrogens is 344 g/mol. The SMILES string of the molecule is Cc1ccc(NC(=O)COC(=O)C2CCN(C(=O)C(C)(C)C)CC2)c(C)c1. The summed E-state index contributed by atoms with van der Waals surface area (Å²) in [6.45, 7) is 10.4. The summed E-state index contributed by atoms with van der Waals surface area (Å²) in [6, 6.07) is 5.74. The Bertz CT molecular complexity index is 713. The molecule has 0 spiro atoms. The Balaban J connectivity index is 1.78. The van der Waals surface area contributed by atoms with Crippen LogP contribution in [0.4, 0.5) is 5.69 Å². The molecule has 2 amide bonds. The molecule has 1 aliphatic heterocycles. The molecule has 1 saturated heterocycles.